The van der Waals surface area contributed by atoms with E-state index in [-0.39, 0.29) is 5.69 Å². The molecule has 4 aromatic carbocycles. The number of benzene rings is 4. The maximum absolute atomic E-state index is 13.1. The third-order valence-electron chi connectivity index (χ3n) is 4.55. The fourth-order valence-corrected chi connectivity index (χ4v) is 5.60. The molecule has 146 valence electrons. The number of carbonyl (C=O) groups excluding carboxylic acids is 1. The predicted octanol–water partition coefficient (Wildman–Crippen LogP) is 5.06. The molecule has 4 nitrogen and oxygen atoms in total. The second-order valence-corrected chi connectivity index (χ2v) is 8.68. The molecule has 0 atom stereocenters. The number of esters is 1. The maximum Gasteiger partial charge on any atom is 0.344 e. The molecule has 0 aromatic heterocycles. The molecule has 0 fully saturated rings. The molecule has 0 N–H and O–H groups in total. The summed E-state index contributed by atoms with van der Waals surface area (Å²) in [6, 6.07) is 34.1. The molecule has 4 rings (SSSR count). The lowest BCUT2D eigenvalue weighted by atomic mass is 10.2. The second kappa shape index (κ2) is 9.25. The van der Waals surface area contributed by atoms with E-state index >= 15 is 0 Å². The van der Waals surface area contributed by atoms with Crippen LogP contribution in [0.15, 0.2) is 114 Å². The normalized spacial score (nSPS) is 10.6. The van der Waals surface area contributed by atoms with E-state index in [1.165, 1.54) is 12.1 Å². The molecule has 0 bridgehead atoms. The highest BCUT2D eigenvalue weighted by molar-refractivity contribution is 7.80. The molecule has 0 aliphatic rings. The minimum absolute atomic E-state index is 0.284. The van der Waals surface area contributed by atoms with Crippen molar-refractivity contribution in [3.05, 3.63) is 120 Å². The molecule has 0 amide bonds. The van der Waals surface area contributed by atoms with Gasteiger partial charge in [0.15, 0.2) is 0 Å². The van der Waals surface area contributed by atoms with Crippen LogP contribution in [0.2, 0.25) is 0 Å². The molecular weight excluding hydrogens is 393 g/mol. The molecule has 4 aromatic rings. The first-order valence-corrected chi connectivity index (χ1v) is 10.8. The molecular formula is C25H18NO3P. The molecule has 30 heavy (non-hydrogen) atoms. The fourth-order valence-electron chi connectivity index (χ4n) is 3.16. The summed E-state index contributed by atoms with van der Waals surface area (Å²) in [5.74, 6) is -0.0669. The van der Waals surface area contributed by atoms with E-state index in [9.17, 15) is 9.70 Å². The van der Waals surface area contributed by atoms with Crippen LogP contribution in [-0.2, 0) is 0 Å². The van der Waals surface area contributed by atoms with E-state index in [0.717, 1.165) is 15.9 Å². The second-order valence-electron chi connectivity index (χ2n) is 6.50. The minimum Gasteiger partial charge on any atom is -0.423 e. The van der Waals surface area contributed by atoms with Crippen LogP contribution in [0.25, 0.3) is 0 Å². The average Bonchev–Trinajstić information content (AvgIpc) is 2.81. The smallest absolute Gasteiger partial charge is 0.344 e. The first kappa shape index (κ1) is 19.7. The van der Waals surface area contributed by atoms with E-state index in [1.807, 2.05) is 54.6 Å². The summed E-state index contributed by atoms with van der Waals surface area (Å²) in [4.78, 5) is 23.7. The van der Waals surface area contributed by atoms with Crippen LogP contribution in [0.4, 0.5) is 5.69 Å². The van der Waals surface area contributed by atoms with Crippen molar-refractivity contribution in [1.29, 1.82) is 0 Å². The Bertz CT molecular complexity index is 1110. The van der Waals surface area contributed by atoms with Gasteiger partial charge in [-0.2, -0.15) is 0 Å². The van der Waals surface area contributed by atoms with Crippen LogP contribution in [0, 0.1) is 4.91 Å². The number of nitroso groups, excluding NO2 is 1. The lowest BCUT2D eigenvalue weighted by Gasteiger charge is -2.21. The Balaban J connectivity index is 1.74. The van der Waals surface area contributed by atoms with Gasteiger partial charge >= 0.3 is 5.97 Å². The molecule has 0 aliphatic heterocycles. The number of nitrogens with zero attached hydrogens (tertiary/aromatic N) is 1. The minimum atomic E-state index is -0.939. The van der Waals surface area contributed by atoms with Crippen molar-refractivity contribution in [1.82, 2.24) is 0 Å². The first-order chi connectivity index (χ1) is 14.8. The summed E-state index contributed by atoms with van der Waals surface area (Å²) in [7, 11) is -0.939. The number of carbonyl (C=O) groups is 1. The summed E-state index contributed by atoms with van der Waals surface area (Å²) in [5, 5.41) is 6.10. The molecule has 0 aliphatic carbocycles. The van der Waals surface area contributed by atoms with Gasteiger partial charge in [-0.3, -0.25) is 0 Å². The van der Waals surface area contributed by atoms with Crippen LogP contribution in [0.1, 0.15) is 10.4 Å². The lowest BCUT2D eigenvalue weighted by Crippen LogP contribution is -2.26. The van der Waals surface area contributed by atoms with Crippen molar-refractivity contribution >= 4 is 35.5 Å². The van der Waals surface area contributed by atoms with Gasteiger partial charge in [-0.05, 0) is 59.3 Å². The van der Waals surface area contributed by atoms with Crippen LogP contribution in [-0.4, -0.2) is 5.97 Å². The van der Waals surface area contributed by atoms with Crippen molar-refractivity contribution in [2.24, 2.45) is 5.18 Å². The van der Waals surface area contributed by atoms with Crippen LogP contribution >= 0.6 is 7.92 Å². The zero-order chi connectivity index (χ0) is 20.8. The number of ether oxygens (including phenoxy) is 1. The highest BCUT2D eigenvalue weighted by Gasteiger charge is 2.23. The summed E-state index contributed by atoms with van der Waals surface area (Å²) in [5.41, 5.74) is 0.806. The van der Waals surface area contributed by atoms with Gasteiger partial charge in [0.25, 0.3) is 0 Å². The SMILES string of the molecule is O=Nc1ccc(OC(=O)c2ccccc2P(c2ccccc2)c2ccccc2)cc1. The van der Waals surface area contributed by atoms with Gasteiger partial charge in [0.05, 0.1) is 5.56 Å². The fraction of sp³-hybridized carbons (Fsp3) is 0. The van der Waals surface area contributed by atoms with Gasteiger partial charge in [0.1, 0.15) is 11.4 Å². The standard InChI is InChI=1S/C25H18NO3P/c27-25(29-20-17-15-19(26-28)16-18-20)23-13-7-8-14-24(23)30(21-9-3-1-4-10-21)22-11-5-2-6-12-22/h1-18H. The Morgan fingerprint density at radius 2 is 1.20 bits per heavy atom. The Hall–Kier alpha value is -3.62. The van der Waals surface area contributed by atoms with Crippen molar-refractivity contribution in [2.75, 3.05) is 0 Å². The van der Waals surface area contributed by atoms with E-state index < -0.39 is 13.9 Å². The van der Waals surface area contributed by atoms with Crippen LogP contribution < -0.4 is 20.7 Å². The highest BCUT2D eigenvalue weighted by Crippen LogP contribution is 2.34. The third-order valence-corrected chi connectivity index (χ3v) is 7.05. The van der Waals surface area contributed by atoms with Gasteiger partial charge < -0.3 is 4.74 Å². The zero-order valence-electron chi connectivity index (χ0n) is 16.0. The van der Waals surface area contributed by atoms with Gasteiger partial charge in [-0.15, -0.1) is 4.91 Å². The third kappa shape index (κ3) is 4.35. The van der Waals surface area contributed by atoms with Gasteiger partial charge in [-0.1, -0.05) is 78.9 Å². The van der Waals surface area contributed by atoms with E-state index in [4.69, 9.17) is 4.74 Å². The van der Waals surface area contributed by atoms with Crippen molar-refractivity contribution in [3.63, 3.8) is 0 Å². The topological polar surface area (TPSA) is 55.7 Å². The van der Waals surface area contributed by atoms with Gasteiger partial charge in [-0.25, -0.2) is 4.79 Å². The summed E-state index contributed by atoms with van der Waals surface area (Å²) in [6.45, 7) is 0. The molecule has 0 spiro atoms. The Morgan fingerprint density at radius 1 is 0.667 bits per heavy atom. The zero-order valence-corrected chi connectivity index (χ0v) is 16.9. The first-order valence-electron chi connectivity index (χ1n) is 9.41. The lowest BCUT2D eigenvalue weighted by molar-refractivity contribution is 0.0736. The van der Waals surface area contributed by atoms with Gasteiger partial charge in [0.2, 0.25) is 0 Å². The van der Waals surface area contributed by atoms with Crippen LogP contribution in [0.5, 0.6) is 5.75 Å². The summed E-state index contributed by atoms with van der Waals surface area (Å²) in [6.07, 6.45) is 0. The molecule has 0 heterocycles. The monoisotopic (exact) mass is 411 g/mol. The van der Waals surface area contributed by atoms with E-state index in [0.29, 0.717) is 11.3 Å². The number of hydrogen-bond acceptors (Lipinski definition) is 4. The van der Waals surface area contributed by atoms with E-state index in [1.54, 1.807) is 18.2 Å². The van der Waals surface area contributed by atoms with Crippen molar-refractivity contribution in [3.8, 4) is 5.75 Å². The number of hydrogen-bond donors (Lipinski definition) is 0. The predicted molar refractivity (Wildman–Crippen MR) is 122 cm³/mol. The van der Waals surface area contributed by atoms with Gasteiger partial charge in [0, 0.05) is 0 Å². The van der Waals surface area contributed by atoms with Crippen molar-refractivity contribution < 1.29 is 9.53 Å². The maximum atomic E-state index is 13.1. The molecule has 0 saturated heterocycles. The largest absolute Gasteiger partial charge is 0.423 e. The Kier molecular flexibility index (Phi) is 6.07. The number of rotatable bonds is 6. The Labute approximate surface area is 175 Å². The summed E-state index contributed by atoms with van der Waals surface area (Å²) >= 11 is 0. The van der Waals surface area contributed by atoms with Crippen LogP contribution in [0.3, 0.4) is 0 Å². The Morgan fingerprint density at radius 3 is 1.77 bits per heavy atom. The van der Waals surface area contributed by atoms with Crippen molar-refractivity contribution in [2.45, 2.75) is 0 Å². The summed E-state index contributed by atoms with van der Waals surface area (Å²) < 4.78 is 5.59. The quantitative estimate of drug-likeness (QED) is 0.193. The highest BCUT2D eigenvalue weighted by atomic mass is 31.1. The van der Waals surface area contributed by atoms with E-state index in [2.05, 4.69) is 29.4 Å². The molecule has 5 heteroatoms. The molecule has 0 unspecified atom stereocenters. The average molecular weight is 411 g/mol. The molecule has 0 saturated carbocycles. The molecule has 0 radical (unpaired) electrons.